The first-order chi connectivity index (χ1) is 15.3. The number of rotatable bonds is 3. The number of allylic oxidation sites excluding steroid dienone is 1. The van der Waals surface area contributed by atoms with Crippen molar-refractivity contribution in [2.45, 2.75) is 24.1 Å². The molecule has 34 heavy (non-hydrogen) atoms. The normalized spacial score (nSPS) is 17.6. The molecule has 1 aliphatic heterocycles. The quantitative estimate of drug-likeness (QED) is 0.312. The lowest BCUT2D eigenvalue weighted by atomic mass is 9.97. The minimum Gasteiger partial charge on any atom is -0.323 e. The van der Waals surface area contributed by atoms with Crippen LogP contribution < -0.4 is 5.32 Å². The lowest BCUT2D eigenvalue weighted by Crippen LogP contribution is -2.55. The van der Waals surface area contributed by atoms with E-state index < -0.39 is 84.2 Å². The smallest absolute Gasteiger partial charge is 0.323 e. The van der Waals surface area contributed by atoms with Crippen LogP contribution in [0.1, 0.15) is 5.56 Å². The summed E-state index contributed by atoms with van der Waals surface area (Å²) in [5, 5.41) is 30.7. The van der Waals surface area contributed by atoms with Gasteiger partial charge in [0.1, 0.15) is 0 Å². The summed E-state index contributed by atoms with van der Waals surface area (Å²) in [5.41, 5.74) is -10.8. The maximum atomic E-state index is 13.8. The Balaban J connectivity index is 2.87. The number of halogens is 10. The Labute approximate surface area is 183 Å². The molecule has 0 radical (unpaired) electrons. The van der Waals surface area contributed by atoms with Gasteiger partial charge in [-0.05, 0) is 0 Å². The van der Waals surface area contributed by atoms with Crippen LogP contribution in [0.25, 0.3) is 0 Å². The van der Waals surface area contributed by atoms with Gasteiger partial charge in [0.05, 0.1) is 26.4 Å². The zero-order chi connectivity index (χ0) is 26.4. The standard InChI is InChI=1S/C14H3F10N5O4S/c15-8(12(16,17)18)9-11(13(19,20)21,14(22,23)24)27-10(34-9)26-7-5(28(30)31)1-4(3-25)2-6(7)29(32)33/h1-2H,(H,26,27)/b9-8+. The fraction of sp³-hybridized carbons (Fsp3) is 0.286. The zero-order valence-corrected chi connectivity index (χ0v) is 16.1. The highest BCUT2D eigenvalue weighted by Crippen LogP contribution is 2.60. The van der Waals surface area contributed by atoms with E-state index in [9.17, 15) is 64.1 Å². The Hall–Kier alpha value is -3.63. The van der Waals surface area contributed by atoms with Crippen molar-refractivity contribution in [2.24, 2.45) is 4.99 Å². The molecule has 0 spiro atoms. The largest absolute Gasteiger partial charge is 0.443 e. The molecular formula is C14H3F10N5O4S. The molecule has 0 amide bonds. The van der Waals surface area contributed by atoms with Crippen LogP contribution in [0.3, 0.4) is 0 Å². The molecule has 0 aliphatic carbocycles. The van der Waals surface area contributed by atoms with E-state index in [2.05, 4.69) is 4.99 Å². The van der Waals surface area contributed by atoms with Crippen molar-refractivity contribution < 1.29 is 53.8 Å². The Morgan fingerprint density at radius 1 is 1.00 bits per heavy atom. The lowest BCUT2D eigenvalue weighted by Gasteiger charge is -2.31. The van der Waals surface area contributed by atoms with E-state index in [1.807, 2.05) is 0 Å². The Morgan fingerprint density at radius 3 is 1.76 bits per heavy atom. The first kappa shape index (κ1) is 26.6. The van der Waals surface area contributed by atoms with Gasteiger partial charge in [0.2, 0.25) is 5.83 Å². The molecule has 9 nitrogen and oxygen atoms in total. The first-order valence-electron chi connectivity index (χ1n) is 7.80. The minimum atomic E-state index is -6.71. The van der Waals surface area contributed by atoms with Gasteiger partial charge < -0.3 is 5.32 Å². The molecular weight excluding hydrogens is 524 g/mol. The van der Waals surface area contributed by atoms with Crippen LogP contribution in [0, 0.1) is 31.6 Å². The third kappa shape index (κ3) is 4.42. The fourth-order valence-electron chi connectivity index (χ4n) is 2.53. The predicted octanol–water partition coefficient (Wildman–Crippen LogP) is 5.50. The first-order valence-corrected chi connectivity index (χ1v) is 8.62. The van der Waals surface area contributed by atoms with Crippen molar-refractivity contribution in [1.29, 1.82) is 5.26 Å². The molecule has 0 aromatic heterocycles. The molecule has 20 heteroatoms. The summed E-state index contributed by atoms with van der Waals surface area (Å²) in [7, 11) is 0. The molecule has 1 N–H and O–H groups in total. The zero-order valence-electron chi connectivity index (χ0n) is 15.3. The Morgan fingerprint density at radius 2 is 1.44 bits per heavy atom. The molecule has 2 rings (SSSR count). The summed E-state index contributed by atoms with van der Waals surface area (Å²) in [4.78, 5) is 18.7. The van der Waals surface area contributed by atoms with Crippen molar-refractivity contribution in [3.8, 4) is 6.07 Å². The maximum Gasteiger partial charge on any atom is 0.443 e. The average Bonchev–Trinajstić information content (AvgIpc) is 3.06. The second-order valence-corrected chi connectivity index (χ2v) is 7.01. The van der Waals surface area contributed by atoms with Gasteiger partial charge in [-0.1, -0.05) is 11.8 Å². The fourth-order valence-corrected chi connectivity index (χ4v) is 3.69. The average molecular weight is 527 g/mol. The Kier molecular flexibility index (Phi) is 6.50. The molecule has 184 valence electrons. The van der Waals surface area contributed by atoms with E-state index in [1.54, 1.807) is 0 Å². The number of nitriles is 1. The molecule has 0 atom stereocenters. The van der Waals surface area contributed by atoms with Crippen molar-refractivity contribution in [2.75, 3.05) is 5.32 Å². The number of anilines is 1. The van der Waals surface area contributed by atoms with Crippen LogP contribution in [0.5, 0.6) is 0 Å². The second kappa shape index (κ2) is 8.30. The van der Waals surface area contributed by atoms with Crippen LogP contribution in [0.2, 0.25) is 0 Å². The number of hydrogen-bond donors (Lipinski definition) is 1. The number of thioether (sulfide) groups is 1. The highest BCUT2D eigenvalue weighted by molar-refractivity contribution is 8.17. The van der Waals surface area contributed by atoms with Gasteiger partial charge in [-0.15, -0.1) is 0 Å². The molecule has 0 fully saturated rings. The summed E-state index contributed by atoms with van der Waals surface area (Å²) in [6.07, 6.45) is -19.7. The van der Waals surface area contributed by atoms with Crippen molar-refractivity contribution >= 4 is 34.0 Å². The van der Waals surface area contributed by atoms with Crippen LogP contribution in [-0.2, 0) is 0 Å². The number of nitro groups is 2. The van der Waals surface area contributed by atoms with Gasteiger partial charge in [0, 0.05) is 12.1 Å². The minimum absolute atomic E-state index is 0.337. The molecule has 0 saturated carbocycles. The van der Waals surface area contributed by atoms with E-state index in [4.69, 9.17) is 5.26 Å². The summed E-state index contributed by atoms with van der Waals surface area (Å²) in [5.74, 6) is -3.81. The van der Waals surface area contributed by atoms with Crippen molar-refractivity contribution in [3.05, 3.63) is 48.7 Å². The predicted molar refractivity (Wildman–Crippen MR) is 92.1 cm³/mol. The summed E-state index contributed by atoms with van der Waals surface area (Å²) >= 11 is -1.17. The number of benzene rings is 1. The van der Waals surface area contributed by atoms with E-state index >= 15 is 0 Å². The molecule has 1 aromatic rings. The van der Waals surface area contributed by atoms with Gasteiger partial charge in [-0.2, -0.15) is 44.8 Å². The van der Waals surface area contributed by atoms with Crippen LogP contribution in [0.15, 0.2) is 27.9 Å². The lowest BCUT2D eigenvalue weighted by molar-refractivity contribution is -0.392. The molecule has 1 aliphatic rings. The van der Waals surface area contributed by atoms with Crippen molar-refractivity contribution in [3.63, 3.8) is 0 Å². The van der Waals surface area contributed by atoms with E-state index in [-0.39, 0.29) is 0 Å². The number of hydrogen-bond acceptors (Lipinski definition) is 8. The highest BCUT2D eigenvalue weighted by atomic mass is 32.2. The molecule has 0 unspecified atom stereocenters. The number of nitrogens with zero attached hydrogens (tertiary/aromatic N) is 4. The van der Waals surface area contributed by atoms with Gasteiger partial charge in [0.15, 0.2) is 10.9 Å². The molecule has 1 aromatic carbocycles. The third-order valence-corrected chi connectivity index (χ3v) is 4.98. The highest BCUT2D eigenvalue weighted by Gasteiger charge is 2.77. The summed E-state index contributed by atoms with van der Waals surface area (Å²) < 4.78 is 133. The monoisotopic (exact) mass is 527 g/mol. The summed E-state index contributed by atoms with van der Waals surface area (Å²) in [6.45, 7) is 0. The third-order valence-electron chi connectivity index (χ3n) is 3.92. The van der Waals surface area contributed by atoms with Gasteiger partial charge in [-0.25, -0.2) is 9.38 Å². The second-order valence-electron chi connectivity index (χ2n) is 6.01. The number of nitro benzene ring substituents is 2. The number of nitrogens with one attached hydrogen (secondary N) is 1. The van der Waals surface area contributed by atoms with Gasteiger partial charge >= 0.3 is 29.9 Å². The van der Waals surface area contributed by atoms with E-state index in [1.165, 1.54) is 11.4 Å². The SMILES string of the molecule is N#Cc1cc([N+](=O)[O-])c(NC2=NC(C(F)(F)F)(C(F)(F)F)/C(=C(\F)C(F)(F)F)S2)c([N+](=O)[O-])c1. The van der Waals surface area contributed by atoms with Crippen molar-refractivity contribution in [1.82, 2.24) is 0 Å². The summed E-state index contributed by atoms with van der Waals surface area (Å²) in [6, 6.07) is 1.95. The van der Waals surface area contributed by atoms with Crippen LogP contribution in [-0.4, -0.2) is 39.1 Å². The molecule has 0 saturated heterocycles. The molecule has 0 bridgehead atoms. The number of aliphatic imine (C=N–C) groups is 1. The number of amidine groups is 1. The maximum absolute atomic E-state index is 13.8. The Bertz CT molecular complexity index is 1120. The van der Waals surface area contributed by atoms with Crippen LogP contribution in [0.4, 0.5) is 61.0 Å². The van der Waals surface area contributed by atoms with E-state index in [0.29, 0.717) is 12.1 Å². The van der Waals surface area contributed by atoms with Gasteiger partial charge in [-0.3, -0.25) is 20.2 Å². The number of alkyl halides is 9. The molecule has 1 heterocycles. The van der Waals surface area contributed by atoms with Crippen LogP contribution >= 0.6 is 11.8 Å². The van der Waals surface area contributed by atoms with Gasteiger partial charge in [0.25, 0.3) is 5.54 Å². The van der Waals surface area contributed by atoms with E-state index in [0.717, 1.165) is 0 Å². The topological polar surface area (TPSA) is 134 Å².